The molecule has 0 unspecified atom stereocenters. The maximum Gasteiger partial charge on any atom is 0.330 e. The van der Waals surface area contributed by atoms with Gasteiger partial charge in [-0.05, 0) is 18.1 Å². The van der Waals surface area contributed by atoms with E-state index in [-0.39, 0.29) is 6.61 Å². The van der Waals surface area contributed by atoms with Crippen LogP contribution in [0.25, 0.3) is 6.08 Å². The Balaban J connectivity index is 2.24. The molecule has 6 heteroatoms. The molecule has 5 nitrogen and oxygen atoms in total. The Bertz CT molecular complexity index is 669. The summed E-state index contributed by atoms with van der Waals surface area (Å²) in [4.78, 5) is 11.5. The van der Waals surface area contributed by atoms with Gasteiger partial charge in [0.25, 0.3) is 0 Å². The van der Waals surface area contributed by atoms with Crippen LogP contribution in [0.3, 0.4) is 0 Å². The summed E-state index contributed by atoms with van der Waals surface area (Å²) in [7, 11) is -1.89. The van der Waals surface area contributed by atoms with Crippen molar-refractivity contribution in [3.05, 3.63) is 42.0 Å². The normalized spacial score (nSPS) is 10.8. The van der Waals surface area contributed by atoms with Crippen LogP contribution in [0.2, 0.25) is 0 Å². The average molecular weight is 321 g/mol. The molecule has 0 aliphatic heterocycles. The fraction of sp³-hybridized carbons (Fsp3) is 0.312. The molecule has 1 aromatic rings. The highest BCUT2D eigenvalue weighted by Crippen LogP contribution is 2.01. The van der Waals surface area contributed by atoms with Crippen molar-refractivity contribution in [2.24, 2.45) is 0 Å². The van der Waals surface area contributed by atoms with Crippen LogP contribution in [0.1, 0.15) is 18.4 Å². The van der Waals surface area contributed by atoms with Crippen LogP contribution in [0.4, 0.5) is 0 Å². The number of sulfonamides is 1. The Hall–Kier alpha value is -2.26. The molecule has 118 valence electrons. The van der Waals surface area contributed by atoms with E-state index >= 15 is 0 Å². The highest BCUT2D eigenvalue weighted by atomic mass is 32.2. The van der Waals surface area contributed by atoms with Crippen molar-refractivity contribution < 1.29 is 17.9 Å². The van der Waals surface area contributed by atoms with Crippen molar-refractivity contribution in [2.45, 2.75) is 12.8 Å². The van der Waals surface area contributed by atoms with Gasteiger partial charge in [0.15, 0.2) is 0 Å². The van der Waals surface area contributed by atoms with Crippen LogP contribution in [0.5, 0.6) is 0 Å². The van der Waals surface area contributed by atoms with Gasteiger partial charge in [0.1, 0.15) is 0 Å². The first-order valence-electron chi connectivity index (χ1n) is 6.72. The molecule has 0 heterocycles. The summed E-state index contributed by atoms with van der Waals surface area (Å²) in [6.45, 7) is 0.245. The number of rotatable bonds is 6. The minimum Gasteiger partial charge on any atom is -0.462 e. The summed E-state index contributed by atoms with van der Waals surface area (Å²) >= 11 is 0. The van der Waals surface area contributed by atoms with E-state index in [1.54, 1.807) is 6.08 Å². The average Bonchev–Trinajstić information content (AvgIpc) is 2.48. The first kappa shape index (κ1) is 17.8. The van der Waals surface area contributed by atoms with Gasteiger partial charge in [-0.3, -0.25) is 0 Å². The summed E-state index contributed by atoms with van der Waals surface area (Å²) < 4.78 is 28.1. The molecule has 0 N–H and O–H groups in total. The Morgan fingerprint density at radius 3 is 2.64 bits per heavy atom. The standard InChI is InChI=1S/C16H19NO4S/c1-17(22(2,19)20)13-7-4-8-14-21-16(18)12-11-15-9-5-3-6-10-15/h3,5-6,9-12H,4,8,14H2,1-2H3/b12-11+. The van der Waals surface area contributed by atoms with E-state index in [0.717, 1.165) is 16.1 Å². The molecule has 0 aliphatic rings. The third kappa shape index (κ3) is 7.50. The second kappa shape index (κ2) is 8.90. The van der Waals surface area contributed by atoms with E-state index in [2.05, 4.69) is 12.0 Å². The van der Waals surface area contributed by atoms with Gasteiger partial charge in [0.05, 0.1) is 12.9 Å². The molecule has 0 spiro atoms. The van der Waals surface area contributed by atoms with E-state index < -0.39 is 16.0 Å². The van der Waals surface area contributed by atoms with E-state index in [4.69, 9.17) is 4.74 Å². The summed E-state index contributed by atoms with van der Waals surface area (Å²) in [6.07, 6.45) is 5.15. The molecule has 1 aromatic carbocycles. The third-order valence-corrected chi connectivity index (χ3v) is 3.72. The number of ether oxygens (including phenoxy) is 1. The van der Waals surface area contributed by atoms with Crippen LogP contribution in [0.15, 0.2) is 36.4 Å². The fourth-order valence-corrected chi connectivity index (χ4v) is 1.59. The molecule has 0 fully saturated rings. The lowest BCUT2D eigenvalue weighted by molar-refractivity contribution is -0.137. The van der Waals surface area contributed by atoms with Crippen molar-refractivity contribution in [1.29, 1.82) is 0 Å². The molecule has 0 bridgehead atoms. The number of carbonyl (C=O) groups excluding carboxylic acids is 1. The molecule has 22 heavy (non-hydrogen) atoms. The smallest absolute Gasteiger partial charge is 0.330 e. The maximum absolute atomic E-state index is 11.5. The lowest BCUT2D eigenvalue weighted by Crippen LogP contribution is -2.19. The van der Waals surface area contributed by atoms with Crippen molar-refractivity contribution in [3.8, 4) is 12.0 Å². The highest BCUT2D eigenvalue weighted by molar-refractivity contribution is 7.88. The Morgan fingerprint density at radius 2 is 2.00 bits per heavy atom. The zero-order chi connectivity index (χ0) is 16.4. The Labute approximate surface area is 131 Å². The van der Waals surface area contributed by atoms with Crippen LogP contribution in [-0.2, 0) is 19.6 Å². The second-order valence-corrected chi connectivity index (χ2v) is 6.55. The van der Waals surface area contributed by atoms with Gasteiger partial charge in [0.2, 0.25) is 10.0 Å². The molecule has 0 atom stereocenters. The van der Waals surface area contributed by atoms with E-state index in [0.29, 0.717) is 12.8 Å². The van der Waals surface area contributed by atoms with E-state index in [1.165, 1.54) is 13.1 Å². The summed E-state index contributed by atoms with van der Waals surface area (Å²) in [5.41, 5.74) is 0.925. The highest BCUT2D eigenvalue weighted by Gasteiger charge is 2.04. The summed E-state index contributed by atoms with van der Waals surface area (Å²) in [5.74, 6) is 2.30. The maximum atomic E-state index is 11.5. The fourth-order valence-electron chi connectivity index (χ4n) is 1.36. The lowest BCUT2D eigenvalue weighted by atomic mass is 10.2. The van der Waals surface area contributed by atoms with Gasteiger partial charge in [-0.15, -0.1) is 0 Å². The summed E-state index contributed by atoms with van der Waals surface area (Å²) in [6, 6.07) is 11.9. The Kier molecular flexibility index (Phi) is 7.20. The van der Waals surface area contributed by atoms with E-state index in [1.807, 2.05) is 30.3 Å². The second-order valence-electron chi connectivity index (χ2n) is 4.53. The third-order valence-electron chi connectivity index (χ3n) is 2.64. The molecule has 0 amide bonds. The van der Waals surface area contributed by atoms with Crippen molar-refractivity contribution in [1.82, 2.24) is 4.31 Å². The minimum absolute atomic E-state index is 0.245. The van der Waals surface area contributed by atoms with Crippen molar-refractivity contribution in [2.75, 3.05) is 19.9 Å². The van der Waals surface area contributed by atoms with Gasteiger partial charge >= 0.3 is 5.97 Å². The topological polar surface area (TPSA) is 63.7 Å². The zero-order valence-corrected chi connectivity index (χ0v) is 13.5. The molecule has 0 radical (unpaired) electrons. The van der Waals surface area contributed by atoms with Crippen LogP contribution in [-0.4, -0.2) is 38.6 Å². The van der Waals surface area contributed by atoms with Crippen molar-refractivity contribution in [3.63, 3.8) is 0 Å². The van der Waals surface area contributed by atoms with Gasteiger partial charge in [0, 0.05) is 25.6 Å². The van der Waals surface area contributed by atoms with Crippen LogP contribution < -0.4 is 0 Å². The zero-order valence-electron chi connectivity index (χ0n) is 12.7. The molecule has 0 aromatic heterocycles. The Morgan fingerprint density at radius 1 is 1.32 bits per heavy atom. The monoisotopic (exact) mass is 321 g/mol. The number of carbonyl (C=O) groups is 1. The quantitative estimate of drug-likeness (QED) is 0.264. The van der Waals surface area contributed by atoms with Gasteiger partial charge < -0.3 is 4.74 Å². The number of unbranched alkanes of at least 4 members (excludes halogenated alkanes) is 1. The molecule has 0 saturated carbocycles. The number of esters is 1. The number of hydrogen-bond acceptors (Lipinski definition) is 4. The van der Waals surface area contributed by atoms with Crippen molar-refractivity contribution >= 4 is 22.1 Å². The largest absolute Gasteiger partial charge is 0.462 e. The summed E-state index contributed by atoms with van der Waals surface area (Å²) in [5, 5.41) is 0. The molecule has 1 rings (SSSR count). The molecular formula is C16H19NO4S. The molecular weight excluding hydrogens is 302 g/mol. The van der Waals surface area contributed by atoms with Gasteiger partial charge in [-0.1, -0.05) is 36.3 Å². The lowest BCUT2D eigenvalue weighted by Gasteiger charge is -2.05. The van der Waals surface area contributed by atoms with Gasteiger partial charge in [-0.2, -0.15) is 0 Å². The predicted octanol–water partition coefficient (Wildman–Crippen LogP) is 1.88. The van der Waals surface area contributed by atoms with E-state index in [9.17, 15) is 13.2 Å². The van der Waals surface area contributed by atoms with Gasteiger partial charge in [-0.25, -0.2) is 17.5 Å². The molecule has 0 saturated heterocycles. The predicted molar refractivity (Wildman–Crippen MR) is 86.1 cm³/mol. The SMILES string of the molecule is CN(C#CCCCOC(=O)/C=C/c1ccccc1)S(C)(=O)=O. The first-order valence-corrected chi connectivity index (χ1v) is 8.57. The van der Waals surface area contributed by atoms with Crippen LogP contribution in [0, 0.1) is 12.0 Å². The van der Waals surface area contributed by atoms with Crippen LogP contribution >= 0.6 is 0 Å². The number of nitrogens with zero attached hydrogens (tertiary/aromatic N) is 1. The number of hydrogen-bond donors (Lipinski definition) is 0. The molecule has 0 aliphatic carbocycles. The number of benzene rings is 1. The first-order chi connectivity index (χ1) is 10.4. The minimum atomic E-state index is -3.28.